The largest absolute Gasteiger partial charge is 0.471 e. The number of carbonyl (C=O) groups excluding carboxylic acids is 1. The van der Waals surface area contributed by atoms with Crippen molar-refractivity contribution in [2.75, 3.05) is 5.32 Å². The SMILES string of the molecule is O=C(Nc1ccc2oc(-c3cc(Cl)ccc3Cl)nc2c1)C(F)(F)F. The van der Waals surface area contributed by atoms with Gasteiger partial charge in [0.15, 0.2) is 5.58 Å². The average molecular weight is 375 g/mol. The van der Waals surface area contributed by atoms with Crippen molar-refractivity contribution in [3.05, 3.63) is 46.4 Å². The van der Waals surface area contributed by atoms with Crippen LogP contribution in [0, 0.1) is 0 Å². The lowest BCUT2D eigenvalue weighted by molar-refractivity contribution is -0.167. The Balaban J connectivity index is 1.97. The summed E-state index contributed by atoms with van der Waals surface area (Å²) in [5, 5.41) is 2.53. The van der Waals surface area contributed by atoms with Crippen LogP contribution >= 0.6 is 23.2 Å². The summed E-state index contributed by atoms with van der Waals surface area (Å²) in [6, 6.07) is 8.67. The van der Waals surface area contributed by atoms with E-state index < -0.39 is 12.1 Å². The second-order valence-electron chi connectivity index (χ2n) is 4.78. The Labute approximate surface area is 143 Å². The molecule has 0 spiro atoms. The average Bonchev–Trinajstić information content (AvgIpc) is 2.91. The van der Waals surface area contributed by atoms with Gasteiger partial charge < -0.3 is 9.73 Å². The summed E-state index contributed by atoms with van der Waals surface area (Å²) in [5.41, 5.74) is 0.982. The first-order valence-electron chi connectivity index (χ1n) is 6.48. The number of amides is 1. The lowest BCUT2D eigenvalue weighted by Crippen LogP contribution is -2.29. The van der Waals surface area contributed by atoms with Gasteiger partial charge in [-0.2, -0.15) is 13.2 Å². The number of alkyl halides is 3. The molecule has 1 amide bonds. The van der Waals surface area contributed by atoms with Gasteiger partial charge in [0.2, 0.25) is 5.89 Å². The van der Waals surface area contributed by atoms with Crippen LogP contribution in [0.2, 0.25) is 10.0 Å². The second kappa shape index (κ2) is 5.99. The van der Waals surface area contributed by atoms with Crippen molar-refractivity contribution < 1.29 is 22.4 Å². The normalized spacial score (nSPS) is 11.7. The van der Waals surface area contributed by atoms with Gasteiger partial charge in [0.25, 0.3) is 0 Å². The van der Waals surface area contributed by atoms with Gasteiger partial charge in [-0.25, -0.2) is 4.98 Å². The Morgan fingerprint density at radius 3 is 2.58 bits per heavy atom. The zero-order valence-electron chi connectivity index (χ0n) is 11.6. The van der Waals surface area contributed by atoms with E-state index in [-0.39, 0.29) is 17.1 Å². The summed E-state index contributed by atoms with van der Waals surface area (Å²) in [7, 11) is 0. The van der Waals surface area contributed by atoms with Gasteiger partial charge in [-0.1, -0.05) is 23.2 Å². The maximum absolute atomic E-state index is 12.3. The maximum atomic E-state index is 12.3. The Kier molecular flexibility index (Phi) is 4.15. The van der Waals surface area contributed by atoms with Crippen molar-refractivity contribution in [2.45, 2.75) is 6.18 Å². The molecule has 1 N–H and O–H groups in total. The molecule has 4 nitrogen and oxygen atoms in total. The predicted molar refractivity (Wildman–Crippen MR) is 84.1 cm³/mol. The Bertz CT molecular complexity index is 938. The third-order valence-corrected chi connectivity index (χ3v) is 3.63. The third-order valence-electron chi connectivity index (χ3n) is 3.06. The van der Waals surface area contributed by atoms with Crippen LogP contribution in [0.5, 0.6) is 0 Å². The number of fused-ring (bicyclic) bond motifs is 1. The molecule has 0 unspecified atom stereocenters. The molecule has 0 aliphatic carbocycles. The van der Waals surface area contributed by atoms with Crippen LogP contribution in [0.15, 0.2) is 40.8 Å². The van der Waals surface area contributed by atoms with E-state index in [1.807, 2.05) is 0 Å². The second-order valence-corrected chi connectivity index (χ2v) is 5.62. The van der Waals surface area contributed by atoms with Crippen LogP contribution in [0.3, 0.4) is 0 Å². The van der Waals surface area contributed by atoms with Gasteiger partial charge in [0.05, 0.1) is 10.6 Å². The van der Waals surface area contributed by atoms with Gasteiger partial charge in [0.1, 0.15) is 5.52 Å². The van der Waals surface area contributed by atoms with E-state index in [4.69, 9.17) is 27.6 Å². The number of carbonyl (C=O) groups is 1. The number of oxazole rings is 1. The van der Waals surface area contributed by atoms with Gasteiger partial charge in [-0.05, 0) is 36.4 Å². The highest BCUT2D eigenvalue weighted by Crippen LogP contribution is 2.33. The standard InChI is InChI=1S/C15H7Cl2F3N2O2/c16-7-1-3-10(17)9(5-7)13-22-11-6-8(2-4-12(11)24-13)21-14(23)15(18,19)20/h1-6H,(H,21,23). The predicted octanol–water partition coefficient (Wildman–Crippen LogP) is 5.30. The van der Waals surface area contributed by atoms with E-state index in [0.29, 0.717) is 21.2 Å². The molecule has 1 heterocycles. The van der Waals surface area contributed by atoms with Gasteiger partial charge in [-0.3, -0.25) is 4.79 Å². The first-order chi connectivity index (χ1) is 11.2. The summed E-state index contributed by atoms with van der Waals surface area (Å²) >= 11 is 12.0. The van der Waals surface area contributed by atoms with Crippen LogP contribution in [-0.4, -0.2) is 17.1 Å². The number of halogens is 5. The van der Waals surface area contributed by atoms with E-state index in [2.05, 4.69) is 4.98 Å². The first kappa shape index (κ1) is 16.6. The molecule has 3 aromatic rings. The van der Waals surface area contributed by atoms with Gasteiger partial charge >= 0.3 is 12.1 Å². The van der Waals surface area contributed by atoms with E-state index in [0.717, 1.165) is 0 Å². The van der Waals surface area contributed by atoms with Crippen molar-refractivity contribution >= 4 is 45.9 Å². The molecule has 24 heavy (non-hydrogen) atoms. The first-order valence-corrected chi connectivity index (χ1v) is 7.24. The molecule has 0 aliphatic heterocycles. The molecular formula is C15H7Cl2F3N2O2. The lowest BCUT2D eigenvalue weighted by Gasteiger charge is -2.07. The van der Waals surface area contributed by atoms with Crippen molar-refractivity contribution in [3.63, 3.8) is 0 Å². The molecular weight excluding hydrogens is 368 g/mol. The molecule has 0 aliphatic rings. The highest BCUT2D eigenvalue weighted by Gasteiger charge is 2.38. The summed E-state index contributed by atoms with van der Waals surface area (Å²) in [5.74, 6) is -1.90. The highest BCUT2D eigenvalue weighted by atomic mass is 35.5. The Morgan fingerprint density at radius 1 is 1.12 bits per heavy atom. The van der Waals surface area contributed by atoms with E-state index in [1.54, 1.807) is 23.5 Å². The van der Waals surface area contributed by atoms with Crippen molar-refractivity contribution in [3.8, 4) is 11.5 Å². The third kappa shape index (κ3) is 3.32. The number of aromatic nitrogens is 1. The number of hydrogen-bond acceptors (Lipinski definition) is 3. The zero-order valence-corrected chi connectivity index (χ0v) is 13.1. The van der Waals surface area contributed by atoms with Crippen LogP contribution in [0.25, 0.3) is 22.6 Å². The molecule has 0 saturated carbocycles. The fourth-order valence-corrected chi connectivity index (χ4v) is 2.35. The summed E-state index contributed by atoms with van der Waals surface area (Å²) in [6.45, 7) is 0. The fourth-order valence-electron chi connectivity index (χ4n) is 1.98. The molecule has 0 fully saturated rings. The molecule has 124 valence electrons. The van der Waals surface area contributed by atoms with Crippen LogP contribution in [0.4, 0.5) is 18.9 Å². The van der Waals surface area contributed by atoms with Gasteiger partial charge in [-0.15, -0.1) is 0 Å². The van der Waals surface area contributed by atoms with Crippen LogP contribution in [-0.2, 0) is 4.79 Å². The molecule has 3 rings (SSSR count). The maximum Gasteiger partial charge on any atom is 0.471 e. The lowest BCUT2D eigenvalue weighted by atomic mass is 10.2. The minimum Gasteiger partial charge on any atom is -0.436 e. The van der Waals surface area contributed by atoms with E-state index in [1.165, 1.54) is 18.2 Å². The highest BCUT2D eigenvalue weighted by molar-refractivity contribution is 6.35. The Morgan fingerprint density at radius 2 is 1.88 bits per heavy atom. The summed E-state index contributed by atoms with van der Waals surface area (Å²) < 4.78 is 42.4. The van der Waals surface area contributed by atoms with Crippen LogP contribution < -0.4 is 5.32 Å². The molecule has 0 saturated heterocycles. The van der Waals surface area contributed by atoms with Crippen molar-refractivity contribution in [1.82, 2.24) is 4.98 Å². The molecule has 9 heteroatoms. The summed E-state index contributed by atoms with van der Waals surface area (Å²) in [4.78, 5) is 15.1. The molecule has 1 aromatic heterocycles. The van der Waals surface area contributed by atoms with Crippen molar-refractivity contribution in [2.24, 2.45) is 0 Å². The number of nitrogens with zero attached hydrogens (tertiary/aromatic N) is 1. The van der Waals surface area contributed by atoms with Gasteiger partial charge in [0, 0.05) is 10.7 Å². The molecule has 0 atom stereocenters. The Hall–Kier alpha value is -2.25. The topological polar surface area (TPSA) is 55.1 Å². The molecule has 0 radical (unpaired) electrons. The molecule has 0 bridgehead atoms. The van der Waals surface area contributed by atoms with Crippen LogP contribution in [0.1, 0.15) is 0 Å². The smallest absolute Gasteiger partial charge is 0.436 e. The van der Waals surface area contributed by atoms with E-state index >= 15 is 0 Å². The van der Waals surface area contributed by atoms with Crippen molar-refractivity contribution in [1.29, 1.82) is 0 Å². The zero-order chi connectivity index (χ0) is 17.5. The number of benzene rings is 2. The number of anilines is 1. The number of hydrogen-bond donors (Lipinski definition) is 1. The number of rotatable bonds is 2. The monoisotopic (exact) mass is 374 g/mol. The quantitative estimate of drug-likeness (QED) is 0.661. The van der Waals surface area contributed by atoms with E-state index in [9.17, 15) is 18.0 Å². The minimum absolute atomic E-state index is 0.0538. The minimum atomic E-state index is -4.97. The number of nitrogens with one attached hydrogen (secondary N) is 1. The summed E-state index contributed by atoms with van der Waals surface area (Å²) in [6.07, 6.45) is -4.97. The fraction of sp³-hybridized carbons (Fsp3) is 0.0667. The molecule has 2 aromatic carbocycles.